The molecule has 0 aromatic rings. The highest BCUT2D eigenvalue weighted by molar-refractivity contribution is 5.76. The van der Waals surface area contributed by atoms with Gasteiger partial charge < -0.3 is 65.1 Å². The molecule has 105 heavy (non-hydrogen) atoms. The first-order valence-corrected chi connectivity index (χ1v) is 43.6. The van der Waals surface area contributed by atoms with E-state index in [2.05, 4.69) is 116 Å². The molecule has 0 saturated carbocycles. The number of aliphatic hydroxyl groups is 8. The van der Waals surface area contributed by atoms with E-state index in [0.717, 1.165) is 83.5 Å². The summed E-state index contributed by atoms with van der Waals surface area (Å²) in [7, 11) is 0. The summed E-state index contributed by atoms with van der Waals surface area (Å²) < 4.78 is 22.9. The summed E-state index contributed by atoms with van der Waals surface area (Å²) in [6.07, 6.45) is 90.5. The van der Waals surface area contributed by atoms with Crippen LogP contribution in [0.4, 0.5) is 0 Å². The minimum absolute atomic E-state index is 0.250. The third-order valence-corrected chi connectivity index (χ3v) is 20.7. The molecule has 12 atom stereocenters. The molecule has 14 nitrogen and oxygen atoms in total. The number of allylic oxidation sites excluding steroid dienone is 17. The van der Waals surface area contributed by atoms with Gasteiger partial charge in [-0.05, 0) is 96.3 Å². The number of rotatable bonds is 73. The third kappa shape index (κ3) is 55.7. The highest BCUT2D eigenvalue weighted by Gasteiger charge is 2.51. The molecule has 0 radical (unpaired) electrons. The van der Waals surface area contributed by atoms with Crippen LogP contribution in [0.1, 0.15) is 367 Å². The average molecular weight is 1480 g/mol. The van der Waals surface area contributed by atoms with Crippen molar-refractivity contribution >= 4 is 5.91 Å². The molecular weight excluding hydrogens is 1310 g/mol. The molecule has 2 fully saturated rings. The van der Waals surface area contributed by atoms with Crippen LogP contribution < -0.4 is 5.32 Å². The maximum atomic E-state index is 13.4. The second-order valence-corrected chi connectivity index (χ2v) is 30.3. The molecule has 12 unspecified atom stereocenters. The Labute approximate surface area is 642 Å². The number of carbonyl (C=O) groups is 1. The summed E-state index contributed by atoms with van der Waals surface area (Å²) in [5.41, 5.74) is 0. The Hall–Kier alpha value is -3.35. The van der Waals surface area contributed by atoms with E-state index in [0.29, 0.717) is 12.8 Å². The van der Waals surface area contributed by atoms with Crippen molar-refractivity contribution in [2.45, 2.75) is 441 Å². The Morgan fingerprint density at radius 2 is 0.667 bits per heavy atom. The molecule has 2 heterocycles. The van der Waals surface area contributed by atoms with Crippen LogP contribution in [0.25, 0.3) is 0 Å². The molecular formula is C91H161NO13. The van der Waals surface area contributed by atoms with Gasteiger partial charge in [-0.2, -0.15) is 0 Å². The summed E-state index contributed by atoms with van der Waals surface area (Å²) in [4.78, 5) is 13.4. The zero-order valence-electron chi connectivity index (χ0n) is 67.0. The van der Waals surface area contributed by atoms with E-state index in [4.69, 9.17) is 18.9 Å². The minimum atomic E-state index is -1.80. The number of amides is 1. The zero-order valence-corrected chi connectivity index (χ0v) is 67.0. The number of carbonyl (C=O) groups excluding carboxylic acids is 1. The van der Waals surface area contributed by atoms with Crippen LogP contribution in [-0.4, -0.2) is 140 Å². The lowest BCUT2D eigenvalue weighted by Crippen LogP contribution is -2.65. The lowest BCUT2D eigenvalue weighted by Gasteiger charge is -2.46. The van der Waals surface area contributed by atoms with E-state index in [9.17, 15) is 45.6 Å². The average Bonchev–Trinajstić information content (AvgIpc) is 0.789. The van der Waals surface area contributed by atoms with Crippen molar-refractivity contribution in [2.24, 2.45) is 0 Å². The van der Waals surface area contributed by atoms with Gasteiger partial charge in [-0.1, -0.05) is 374 Å². The zero-order chi connectivity index (χ0) is 75.8. The second-order valence-electron chi connectivity index (χ2n) is 30.3. The van der Waals surface area contributed by atoms with Crippen molar-refractivity contribution in [3.05, 3.63) is 109 Å². The van der Waals surface area contributed by atoms with Crippen LogP contribution in [0.15, 0.2) is 109 Å². The number of ether oxygens (including phenoxy) is 4. The van der Waals surface area contributed by atoms with Crippen LogP contribution in [0.2, 0.25) is 0 Å². The summed E-state index contributed by atoms with van der Waals surface area (Å²) >= 11 is 0. The van der Waals surface area contributed by atoms with Gasteiger partial charge in [0.05, 0.1) is 32.0 Å². The van der Waals surface area contributed by atoms with Crippen molar-refractivity contribution in [3.8, 4) is 0 Å². The molecule has 0 bridgehead atoms. The molecule has 2 aliphatic heterocycles. The first-order valence-electron chi connectivity index (χ1n) is 43.6. The molecule has 0 aromatic carbocycles. The van der Waals surface area contributed by atoms with Crippen LogP contribution in [0.5, 0.6) is 0 Å². The van der Waals surface area contributed by atoms with Crippen LogP contribution in [0, 0.1) is 0 Å². The Morgan fingerprint density at radius 1 is 0.352 bits per heavy atom. The van der Waals surface area contributed by atoms with Crippen LogP contribution in [-0.2, 0) is 23.7 Å². The highest BCUT2D eigenvalue weighted by atomic mass is 16.7. The number of hydrogen-bond donors (Lipinski definition) is 9. The monoisotopic (exact) mass is 1480 g/mol. The van der Waals surface area contributed by atoms with Gasteiger partial charge in [0.2, 0.25) is 5.91 Å². The van der Waals surface area contributed by atoms with Crippen molar-refractivity contribution < 1.29 is 64.6 Å². The molecule has 2 rings (SSSR count). The molecule has 608 valence electrons. The Kier molecular flexibility index (Phi) is 68.4. The van der Waals surface area contributed by atoms with Crippen LogP contribution in [0.3, 0.4) is 0 Å². The maximum Gasteiger partial charge on any atom is 0.220 e. The molecule has 0 spiro atoms. The molecule has 2 aliphatic rings. The standard InChI is InChI=1S/C91H161NO13/c1-3-5-7-9-11-13-15-17-19-21-23-25-27-29-31-33-35-37-38-39-40-41-42-43-45-47-49-51-53-55-57-59-61-63-65-67-69-71-73-75-83(96)92-79(78-102-90-88(101)86(99)89(82(77-94)104-90)105-91-87(100)85(98)84(97)81(76-93)103-91)80(95)74-72-70-68-66-64-62-60-58-56-54-52-50-48-46-44-36-34-32-30-28-26-24-22-20-18-16-14-12-10-8-6-4-2/h5,7,11,13,17,19,23,25,29,31,35,37,56,58,64,66,72,74,79-82,84-91,93-95,97-101H,3-4,6,8-10,12,14-16,18,20-22,24,26-28,30,32-34,36,38-55,57,59-63,65,67-71,73,75-78H2,1-2H3,(H,92,96)/b7-5-,13-11-,19-17-,25-23-,31-29-,37-35-,58-56+,66-64+,74-72+. The maximum absolute atomic E-state index is 13.4. The van der Waals surface area contributed by atoms with Gasteiger partial charge in [0.1, 0.15) is 48.8 Å². The number of aliphatic hydroxyl groups excluding tert-OH is 8. The smallest absolute Gasteiger partial charge is 0.220 e. The van der Waals surface area contributed by atoms with Crippen LogP contribution >= 0.6 is 0 Å². The fraction of sp³-hybridized carbons (Fsp3) is 0.791. The lowest BCUT2D eigenvalue weighted by atomic mass is 9.97. The molecule has 1 amide bonds. The fourth-order valence-corrected chi connectivity index (χ4v) is 13.9. The third-order valence-electron chi connectivity index (χ3n) is 20.7. The highest BCUT2D eigenvalue weighted by Crippen LogP contribution is 2.30. The van der Waals surface area contributed by atoms with E-state index in [1.165, 1.54) is 250 Å². The second kappa shape index (κ2) is 73.5. The van der Waals surface area contributed by atoms with Gasteiger partial charge >= 0.3 is 0 Å². The predicted molar refractivity (Wildman–Crippen MR) is 438 cm³/mol. The Bertz CT molecular complexity index is 2190. The normalized spacial score (nSPS) is 21.9. The van der Waals surface area contributed by atoms with E-state index in [1.54, 1.807) is 6.08 Å². The Morgan fingerprint density at radius 3 is 1.05 bits per heavy atom. The lowest BCUT2D eigenvalue weighted by molar-refractivity contribution is -0.359. The Balaban J connectivity index is 1.60. The molecule has 0 aromatic heterocycles. The first kappa shape index (κ1) is 97.7. The summed E-state index contributed by atoms with van der Waals surface area (Å²) in [5, 5.41) is 87.8. The van der Waals surface area contributed by atoms with Gasteiger partial charge in [-0.3, -0.25) is 4.79 Å². The van der Waals surface area contributed by atoms with E-state index in [-0.39, 0.29) is 18.9 Å². The van der Waals surface area contributed by atoms with Gasteiger partial charge in [-0.25, -0.2) is 0 Å². The van der Waals surface area contributed by atoms with E-state index >= 15 is 0 Å². The summed E-state index contributed by atoms with van der Waals surface area (Å²) in [6, 6.07) is -0.945. The van der Waals surface area contributed by atoms with Gasteiger partial charge in [0.15, 0.2) is 12.6 Å². The van der Waals surface area contributed by atoms with E-state index < -0.39 is 86.8 Å². The number of nitrogens with one attached hydrogen (secondary N) is 1. The first-order chi connectivity index (χ1) is 51.6. The largest absolute Gasteiger partial charge is 0.394 e. The molecule has 9 N–H and O–H groups in total. The van der Waals surface area contributed by atoms with Gasteiger partial charge in [0.25, 0.3) is 0 Å². The van der Waals surface area contributed by atoms with Crippen molar-refractivity contribution in [3.63, 3.8) is 0 Å². The van der Waals surface area contributed by atoms with Gasteiger partial charge in [0, 0.05) is 6.42 Å². The molecule has 2 saturated heterocycles. The summed E-state index contributed by atoms with van der Waals surface area (Å²) in [5.74, 6) is -0.250. The van der Waals surface area contributed by atoms with E-state index in [1.807, 2.05) is 6.08 Å². The summed E-state index contributed by atoms with van der Waals surface area (Å²) in [6.45, 7) is 2.71. The minimum Gasteiger partial charge on any atom is -0.394 e. The predicted octanol–water partition coefficient (Wildman–Crippen LogP) is 21.0. The fourth-order valence-electron chi connectivity index (χ4n) is 13.9. The quantitative estimate of drug-likeness (QED) is 0.0204. The SMILES string of the molecule is CC/C=C\C/C=C\C/C=C\C/C=C\C/C=C\C/C=C\CCCCCCCCCCCCCCCCCCCCCCC(=O)NC(COC1OC(CO)C(OC2OC(CO)C(O)C(O)C2O)C(O)C1O)C(O)/C=C/CC/C=C/CC/C=C/CCCCCCCCCCCCCCCCCCCCCCCC. The molecule has 14 heteroatoms. The van der Waals surface area contributed by atoms with Gasteiger partial charge in [-0.15, -0.1) is 0 Å². The number of unbranched alkanes of at least 4 members (excludes halogenated alkanes) is 44. The number of hydrogen-bond acceptors (Lipinski definition) is 13. The van der Waals surface area contributed by atoms with Crippen molar-refractivity contribution in [1.82, 2.24) is 5.32 Å². The topological polar surface area (TPSA) is 228 Å². The molecule has 0 aliphatic carbocycles. The van der Waals surface area contributed by atoms with Crippen molar-refractivity contribution in [1.29, 1.82) is 0 Å². The van der Waals surface area contributed by atoms with Crippen molar-refractivity contribution in [2.75, 3.05) is 19.8 Å².